The lowest BCUT2D eigenvalue weighted by molar-refractivity contribution is -0.146. The minimum atomic E-state index is -0.959. The van der Waals surface area contributed by atoms with Gasteiger partial charge >= 0.3 is 12.1 Å². The molecule has 0 saturated heterocycles. The number of benzene rings is 3. The first-order valence-electron chi connectivity index (χ1n) is 12.3. The molecule has 0 spiro atoms. The van der Waals surface area contributed by atoms with Crippen LogP contribution in [0.4, 0.5) is 4.79 Å². The van der Waals surface area contributed by atoms with E-state index in [0.717, 1.165) is 11.1 Å². The second-order valence-corrected chi connectivity index (χ2v) is 9.74. The summed E-state index contributed by atoms with van der Waals surface area (Å²) in [4.78, 5) is 38.4. The molecule has 7 nitrogen and oxygen atoms in total. The van der Waals surface area contributed by atoms with Crippen LogP contribution < -0.4 is 10.6 Å². The fourth-order valence-corrected chi connectivity index (χ4v) is 3.68. The molecule has 3 aromatic rings. The highest BCUT2D eigenvalue weighted by Crippen LogP contribution is 2.11. The van der Waals surface area contributed by atoms with Crippen LogP contribution in [0.1, 0.15) is 42.3 Å². The van der Waals surface area contributed by atoms with E-state index in [1.165, 1.54) is 0 Å². The summed E-state index contributed by atoms with van der Waals surface area (Å²) in [5, 5.41) is 5.61. The average molecular weight is 503 g/mol. The predicted octanol–water partition coefficient (Wildman–Crippen LogP) is 4.71. The molecule has 0 radical (unpaired) electrons. The Morgan fingerprint density at radius 1 is 0.730 bits per heavy atom. The van der Waals surface area contributed by atoms with Gasteiger partial charge in [-0.25, -0.2) is 9.59 Å². The number of ether oxygens (including phenoxy) is 2. The number of nitrogens with one attached hydrogen (secondary N) is 2. The van der Waals surface area contributed by atoms with Crippen molar-refractivity contribution in [1.82, 2.24) is 10.6 Å². The van der Waals surface area contributed by atoms with Gasteiger partial charge in [-0.2, -0.15) is 0 Å². The lowest BCUT2D eigenvalue weighted by Gasteiger charge is -2.24. The van der Waals surface area contributed by atoms with Crippen LogP contribution in [0, 0.1) is 0 Å². The molecule has 0 saturated carbocycles. The Balaban J connectivity index is 1.71. The molecule has 0 aliphatic rings. The SMILES string of the molecule is CC(C)(C)OC(=O)N[C@@H](Cc1ccccc1)C(=O)OC[C@H](Cc1ccccc1)NC(=O)c1ccccc1. The zero-order valence-electron chi connectivity index (χ0n) is 21.5. The van der Waals surface area contributed by atoms with Gasteiger partial charge in [0.1, 0.15) is 18.2 Å². The number of alkyl carbamates (subject to hydrolysis) is 1. The first-order chi connectivity index (χ1) is 17.7. The lowest BCUT2D eigenvalue weighted by atomic mass is 10.1. The van der Waals surface area contributed by atoms with E-state index in [1.807, 2.05) is 66.7 Å². The number of carbonyl (C=O) groups excluding carboxylic acids is 3. The molecule has 2 amide bonds. The number of esters is 1. The zero-order chi connectivity index (χ0) is 26.7. The van der Waals surface area contributed by atoms with Gasteiger partial charge in [0.05, 0.1) is 6.04 Å². The zero-order valence-corrected chi connectivity index (χ0v) is 21.5. The van der Waals surface area contributed by atoms with Gasteiger partial charge in [-0.3, -0.25) is 4.79 Å². The highest BCUT2D eigenvalue weighted by Gasteiger charge is 2.27. The Morgan fingerprint density at radius 3 is 1.78 bits per heavy atom. The number of hydrogen-bond donors (Lipinski definition) is 2. The first-order valence-corrected chi connectivity index (χ1v) is 12.3. The van der Waals surface area contributed by atoms with Crippen LogP contribution in [0.25, 0.3) is 0 Å². The maximum absolute atomic E-state index is 13.2. The maximum Gasteiger partial charge on any atom is 0.408 e. The largest absolute Gasteiger partial charge is 0.462 e. The fourth-order valence-electron chi connectivity index (χ4n) is 3.68. The smallest absolute Gasteiger partial charge is 0.408 e. The monoisotopic (exact) mass is 502 g/mol. The molecule has 2 N–H and O–H groups in total. The van der Waals surface area contributed by atoms with Crippen LogP contribution in [0.3, 0.4) is 0 Å². The van der Waals surface area contributed by atoms with E-state index in [1.54, 1.807) is 45.0 Å². The Hall–Kier alpha value is -4.13. The Morgan fingerprint density at radius 2 is 1.24 bits per heavy atom. The molecule has 0 fully saturated rings. The van der Waals surface area contributed by atoms with Gasteiger partial charge in [0.15, 0.2) is 0 Å². The quantitative estimate of drug-likeness (QED) is 0.392. The van der Waals surface area contributed by atoms with Crippen molar-refractivity contribution in [1.29, 1.82) is 0 Å². The molecule has 7 heteroatoms. The third-order valence-corrected chi connectivity index (χ3v) is 5.38. The summed E-state index contributed by atoms with van der Waals surface area (Å²) in [5.74, 6) is -0.868. The van der Waals surface area contributed by atoms with Crippen LogP contribution in [-0.2, 0) is 27.1 Å². The van der Waals surface area contributed by atoms with Gasteiger partial charge < -0.3 is 20.1 Å². The van der Waals surface area contributed by atoms with Crippen molar-refractivity contribution in [2.75, 3.05) is 6.61 Å². The summed E-state index contributed by atoms with van der Waals surface area (Å²) in [6.07, 6.45) is -0.00244. The molecular weight excluding hydrogens is 468 g/mol. The summed E-state index contributed by atoms with van der Waals surface area (Å²) < 4.78 is 11.0. The lowest BCUT2D eigenvalue weighted by Crippen LogP contribution is -2.47. The summed E-state index contributed by atoms with van der Waals surface area (Å²) in [7, 11) is 0. The molecule has 0 aromatic heterocycles. The van der Waals surface area contributed by atoms with Crippen molar-refractivity contribution < 1.29 is 23.9 Å². The molecule has 0 unspecified atom stereocenters. The topological polar surface area (TPSA) is 93.7 Å². The Bertz CT molecular complexity index is 1140. The van der Waals surface area contributed by atoms with Crippen LogP contribution in [0.5, 0.6) is 0 Å². The molecule has 2 atom stereocenters. The molecule has 0 aliphatic heterocycles. The third-order valence-electron chi connectivity index (χ3n) is 5.38. The average Bonchev–Trinajstić information content (AvgIpc) is 2.87. The Kier molecular flexibility index (Phi) is 9.84. The molecule has 0 aliphatic carbocycles. The second-order valence-electron chi connectivity index (χ2n) is 9.74. The van der Waals surface area contributed by atoms with E-state index in [9.17, 15) is 14.4 Å². The number of carbonyl (C=O) groups is 3. The summed E-state index contributed by atoms with van der Waals surface area (Å²) >= 11 is 0. The van der Waals surface area contributed by atoms with Crippen molar-refractivity contribution in [3.63, 3.8) is 0 Å². The fraction of sp³-hybridized carbons (Fsp3) is 0.300. The molecular formula is C30H34N2O5. The van der Waals surface area contributed by atoms with Crippen molar-refractivity contribution in [2.24, 2.45) is 0 Å². The second kappa shape index (κ2) is 13.3. The highest BCUT2D eigenvalue weighted by molar-refractivity contribution is 5.94. The first kappa shape index (κ1) is 27.5. The van der Waals surface area contributed by atoms with Gasteiger partial charge in [-0.15, -0.1) is 0 Å². The minimum absolute atomic E-state index is 0.0619. The van der Waals surface area contributed by atoms with Gasteiger partial charge in [0, 0.05) is 12.0 Å². The van der Waals surface area contributed by atoms with E-state index >= 15 is 0 Å². The number of rotatable bonds is 10. The molecule has 3 rings (SSSR count). The van der Waals surface area contributed by atoms with E-state index in [4.69, 9.17) is 9.47 Å². The number of hydrogen-bond acceptors (Lipinski definition) is 5. The minimum Gasteiger partial charge on any atom is -0.462 e. The molecule has 37 heavy (non-hydrogen) atoms. The maximum atomic E-state index is 13.2. The van der Waals surface area contributed by atoms with Crippen molar-refractivity contribution in [2.45, 2.75) is 51.3 Å². The van der Waals surface area contributed by atoms with Gasteiger partial charge in [-0.05, 0) is 50.5 Å². The molecule has 194 valence electrons. The van der Waals surface area contributed by atoms with Crippen LogP contribution in [-0.4, -0.2) is 42.3 Å². The van der Waals surface area contributed by atoms with Gasteiger partial charge in [0.25, 0.3) is 5.91 Å². The predicted molar refractivity (Wildman–Crippen MR) is 142 cm³/mol. The molecule has 0 heterocycles. The van der Waals surface area contributed by atoms with Crippen molar-refractivity contribution in [3.8, 4) is 0 Å². The van der Waals surface area contributed by atoms with E-state index in [2.05, 4.69) is 10.6 Å². The van der Waals surface area contributed by atoms with Gasteiger partial charge in [-0.1, -0.05) is 78.9 Å². The highest BCUT2D eigenvalue weighted by atomic mass is 16.6. The van der Waals surface area contributed by atoms with E-state index < -0.39 is 29.7 Å². The van der Waals surface area contributed by atoms with Crippen molar-refractivity contribution in [3.05, 3.63) is 108 Å². The third kappa shape index (κ3) is 9.80. The summed E-state index contributed by atoms with van der Waals surface area (Å²) in [6.45, 7) is 5.19. The summed E-state index contributed by atoms with van der Waals surface area (Å²) in [6, 6.07) is 26.4. The normalized spacial score (nSPS) is 12.6. The summed E-state index contributed by atoms with van der Waals surface area (Å²) in [5.41, 5.74) is 1.65. The van der Waals surface area contributed by atoms with Gasteiger partial charge in [0.2, 0.25) is 0 Å². The van der Waals surface area contributed by atoms with Crippen LogP contribution in [0.2, 0.25) is 0 Å². The number of amides is 2. The molecule has 3 aromatic carbocycles. The van der Waals surface area contributed by atoms with E-state index in [0.29, 0.717) is 12.0 Å². The van der Waals surface area contributed by atoms with E-state index in [-0.39, 0.29) is 18.9 Å². The van der Waals surface area contributed by atoms with Crippen LogP contribution in [0.15, 0.2) is 91.0 Å². The molecule has 0 bridgehead atoms. The standard InChI is InChI=1S/C30H34N2O5/c1-30(2,3)37-29(35)32-26(20-23-15-9-5-10-16-23)28(34)36-21-25(19-22-13-7-4-8-14-22)31-27(33)24-17-11-6-12-18-24/h4-18,25-26H,19-21H2,1-3H3,(H,31,33)(H,32,35)/t25-,26-/m0/s1. The Labute approximate surface area is 218 Å². The van der Waals surface area contributed by atoms with Crippen LogP contribution >= 0.6 is 0 Å². The van der Waals surface area contributed by atoms with Crippen molar-refractivity contribution >= 4 is 18.0 Å².